The first-order valence-electron chi connectivity index (χ1n) is 9.20. The molecule has 1 fully saturated rings. The summed E-state index contributed by atoms with van der Waals surface area (Å²) in [6, 6.07) is 9.93. The third-order valence-corrected chi connectivity index (χ3v) is 4.26. The maximum absolute atomic E-state index is 6.18. The van der Waals surface area contributed by atoms with Crippen molar-refractivity contribution in [1.82, 2.24) is 19.8 Å². The van der Waals surface area contributed by atoms with E-state index in [1.807, 2.05) is 57.5 Å². The van der Waals surface area contributed by atoms with Crippen molar-refractivity contribution in [2.24, 2.45) is 0 Å². The van der Waals surface area contributed by atoms with Gasteiger partial charge in [-0.1, -0.05) is 6.07 Å². The largest absolute Gasteiger partial charge is 0.489 e. The van der Waals surface area contributed by atoms with E-state index in [1.165, 1.54) is 0 Å². The molecule has 0 spiro atoms. The van der Waals surface area contributed by atoms with E-state index in [1.54, 1.807) is 0 Å². The Kier molecular flexibility index (Phi) is 6.41. The Morgan fingerprint density at radius 3 is 2.92 bits per heavy atom. The molecule has 0 amide bonds. The molecule has 1 aliphatic rings. The average molecular weight is 356 g/mol. The predicted molar refractivity (Wildman–Crippen MR) is 101 cm³/mol. The van der Waals surface area contributed by atoms with Gasteiger partial charge in [-0.15, -0.1) is 0 Å². The van der Waals surface area contributed by atoms with Crippen molar-refractivity contribution in [2.75, 3.05) is 33.8 Å². The van der Waals surface area contributed by atoms with Crippen molar-refractivity contribution >= 4 is 0 Å². The molecule has 1 unspecified atom stereocenters. The molecule has 0 N–H and O–H groups in total. The summed E-state index contributed by atoms with van der Waals surface area (Å²) in [7, 11) is 4.08. The molecule has 0 aromatic carbocycles. The van der Waals surface area contributed by atoms with Crippen molar-refractivity contribution < 1.29 is 9.47 Å². The fraction of sp³-hybridized carbons (Fsp3) is 0.500. The highest BCUT2D eigenvalue weighted by Crippen LogP contribution is 2.20. The molecule has 6 heteroatoms. The summed E-state index contributed by atoms with van der Waals surface area (Å²) in [5.41, 5.74) is 2.06. The Labute approximate surface area is 155 Å². The zero-order chi connectivity index (χ0) is 18.4. The highest BCUT2D eigenvalue weighted by Gasteiger charge is 2.24. The van der Waals surface area contributed by atoms with Gasteiger partial charge in [0.1, 0.15) is 11.9 Å². The van der Waals surface area contributed by atoms with Crippen molar-refractivity contribution in [3.8, 4) is 11.6 Å². The van der Waals surface area contributed by atoms with Crippen LogP contribution >= 0.6 is 0 Å². The lowest BCUT2D eigenvalue weighted by Crippen LogP contribution is -2.25. The van der Waals surface area contributed by atoms with E-state index in [0.29, 0.717) is 12.5 Å². The lowest BCUT2D eigenvalue weighted by Gasteiger charge is -2.17. The number of ether oxygens (including phenoxy) is 2. The fourth-order valence-electron chi connectivity index (χ4n) is 3.17. The van der Waals surface area contributed by atoms with Crippen LogP contribution in [0.25, 0.3) is 0 Å². The van der Waals surface area contributed by atoms with Crippen molar-refractivity contribution in [1.29, 1.82) is 0 Å². The van der Waals surface area contributed by atoms with Crippen LogP contribution in [0.3, 0.4) is 0 Å². The van der Waals surface area contributed by atoms with Crippen LogP contribution in [0.15, 0.2) is 36.5 Å². The molecule has 3 heterocycles. The zero-order valence-electron chi connectivity index (χ0n) is 15.9. The SMILES string of the molecule is CCOc1cccc(CN2CCC(Oc3ccnc(CN(C)C)c3)C2)n1. The van der Waals surface area contributed by atoms with Gasteiger partial charge in [0, 0.05) is 44.5 Å². The van der Waals surface area contributed by atoms with Gasteiger partial charge in [0.25, 0.3) is 0 Å². The second kappa shape index (κ2) is 8.96. The summed E-state index contributed by atoms with van der Waals surface area (Å²) < 4.78 is 11.7. The number of aromatic nitrogens is 2. The molecular formula is C20H28N4O2. The van der Waals surface area contributed by atoms with Gasteiger partial charge in [-0.05, 0) is 39.6 Å². The summed E-state index contributed by atoms with van der Waals surface area (Å²) in [4.78, 5) is 13.4. The number of hydrogen-bond donors (Lipinski definition) is 0. The van der Waals surface area contributed by atoms with Gasteiger partial charge in [0.05, 0.1) is 18.0 Å². The van der Waals surface area contributed by atoms with Gasteiger partial charge in [-0.3, -0.25) is 9.88 Å². The summed E-state index contributed by atoms with van der Waals surface area (Å²) in [5, 5.41) is 0. The minimum atomic E-state index is 0.208. The molecule has 6 nitrogen and oxygen atoms in total. The lowest BCUT2D eigenvalue weighted by molar-refractivity contribution is 0.197. The van der Waals surface area contributed by atoms with Crippen LogP contribution in [0.4, 0.5) is 0 Å². The van der Waals surface area contributed by atoms with Gasteiger partial charge >= 0.3 is 0 Å². The minimum absolute atomic E-state index is 0.208. The molecule has 2 aromatic heterocycles. The van der Waals surface area contributed by atoms with Crippen molar-refractivity contribution in [3.05, 3.63) is 47.9 Å². The number of hydrogen-bond acceptors (Lipinski definition) is 6. The summed E-state index contributed by atoms with van der Waals surface area (Å²) in [6.07, 6.45) is 3.06. The monoisotopic (exact) mass is 356 g/mol. The number of pyridine rings is 2. The van der Waals surface area contributed by atoms with Crippen LogP contribution in [0.2, 0.25) is 0 Å². The van der Waals surface area contributed by atoms with Crippen molar-refractivity contribution in [2.45, 2.75) is 32.5 Å². The molecule has 0 bridgehead atoms. The number of rotatable bonds is 8. The minimum Gasteiger partial charge on any atom is -0.489 e. The standard InChI is InChI=1S/C20H28N4O2/c1-4-25-20-7-5-6-16(22-20)14-24-11-9-19(15-24)26-18-8-10-21-17(12-18)13-23(2)3/h5-8,10,12,19H,4,9,11,13-15H2,1-3H3. The molecule has 1 aliphatic heterocycles. The maximum Gasteiger partial charge on any atom is 0.213 e. The van der Waals surface area contributed by atoms with Gasteiger partial charge in [0.15, 0.2) is 0 Å². The first-order valence-corrected chi connectivity index (χ1v) is 9.20. The van der Waals surface area contributed by atoms with Gasteiger partial charge < -0.3 is 14.4 Å². The molecule has 26 heavy (non-hydrogen) atoms. The Bertz CT molecular complexity index is 708. The van der Waals surface area contributed by atoms with Crippen molar-refractivity contribution in [3.63, 3.8) is 0 Å². The van der Waals surface area contributed by atoms with Gasteiger partial charge in [-0.2, -0.15) is 0 Å². The van der Waals surface area contributed by atoms with Crippen LogP contribution in [0.1, 0.15) is 24.7 Å². The second-order valence-corrected chi connectivity index (χ2v) is 6.88. The topological polar surface area (TPSA) is 50.7 Å². The quantitative estimate of drug-likeness (QED) is 0.725. The van der Waals surface area contributed by atoms with Gasteiger partial charge in [0.2, 0.25) is 5.88 Å². The highest BCUT2D eigenvalue weighted by molar-refractivity contribution is 5.23. The normalized spacial score (nSPS) is 17.6. The van der Waals surface area contributed by atoms with Crippen LogP contribution in [-0.2, 0) is 13.1 Å². The van der Waals surface area contributed by atoms with E-state index in [2.05, 4.69) is 19.8 Å². The highest BCUT2D eigenvalue weighted by atomic mass is 16.5. The maximum atomic E-state index is 6.18. The molecular weight excluding hydrogens is 328 g/mol. The van der Waals surface area contributed by atoms with Crippen LogP contribution in [0.5, 0.6) is 11.6 Å². The third-order valence-electron chi connectivity index (χ3n) is 4.26. The average Bonchev–Trinajstić information content (AvgIpc) is 3.02. The van der Waals surface area contributed by atoms with E-state index in [9.17, 15) is 0 Å². The zero-order valence-corrected chi connectivity index (χ0v) is 15.9. The summed E-state index contributed by atoms with van der Waals surface area (Å²) >= 11 is 0. The molecule has 3 rings (SSSR count). The second-order valence-electron chi connectivity index (χ2n) is 6.88. The van der Waals surface area contributed by atoms with Crippen LogP contribution in [-0.4, -0.2) is 59.7 Å². The molecule has 0 radical (unpaired) electrons. The van der Waals surface area contributed by atoms with E-state index >= 15 is 0 Å². The first-order chi connectivity index (χ1) is 12.6. The van der Waals surface area contributed by atoms with E-state index < -0.39 is 0 Å². The fourth-order valence-corrected chi connectivity index (χ4v) is 3.17. The summed E-state index contributed by atoms with van der Waals surface area (Å²) in [5.74, 6) is 1.60. The van der Waals surface area contributed by atoms with E-state index in [4.69, 9.17) is 9.47 Å². The molecule has 1 saturated heterocycles. The molecule has 140 valence electrons. The summed E-state index contributed by atoms with van der Waals surface area (Å²) in [6.45, 7) is 6.17. The van der Waals surface area contributed by atoms with E-state index in [-0.39, 0.29) is 6.10 Å². The first kappa shape index (κ1) is 18.6. The molecule has 0 aliphatic carbocycles. The Morgan fingerprint density at radius 1 is 1.23 bits per heavy atom. The Hall–Kier alpha value is -2.18. The molecule has 1 atom stereocenters. The lowest BCUT2D eigenvalue weighted by atomic mass is 10.3. The number of likely N-dealkylation sites (tertiary alicyclic amines) is 1. The third kappa shape index (κ3) is 5.41. The number of nitrogens with zero attached hydrogens (tertiary/aromatic N) is 4. The predicted octanol–water partition coefficient (Wildman–Crippen LogP) is 2.59. The van der Waals surface area contributed by atoms with E-state index in [0.717, 1.165) is 49.7 Å². The molecule has 0 saturated carbocycles. The van der Waals surface area contributed by atoms with Gasteiger partial charge in [-0.25, -0.2) is 4.98 Å². The smallest absolute Gasteiger partial charge is 0.213 e. The molecule has 2 aromatic rings. The Balaban J connectivity index is 1.53. The van der Waals surface area contributed by atoms with Crippen LogP contribution < -0.4 is 9.47 Å². The van der Waals surface area contributed by atoms with Crippen LogP contribution in [0, 0.1) is 0 Å². The Morgan fingerprint density at radius 2 is 2.12 bits per heavy atom.